The summed E-state index contributed by atoms with van der Waals surface area (Å²) in [5, 5.41) is 8.20. The fourth-order valence-corrected chi connectivity index (χ4v) is 1.86. The van der Waals surface area contributed by atoms with Crippen LogP contribution in [0.2, 0.25) is 0 Å². The number of hydrogen-bond donors (Lipinski definition) is 3. The highest BCUT2D eigenvalue weighted by atomic mass is 15.6. The molecule has 0 saturated heterocycles. The number of fused-ring (bicyclic) bond motifs is 1. The van der Waals surface area contributed by atoms with Crippen LogP contribution >= 0.6 is 0 Å². The lowest BCUT2D eigenvalue weighted by molar-refractivity contribution is 0.634. The Morgan fingerprint density at radius 2 is 2.36 bits per heavy atom. The molecule has 3 rings (SSSR count). The minimum atomic E-state index is 0.693. The summed E-state index contributed by atoms with van der Waals surface area (Å²) in [7, 11) is 0. The van der Waals surface area contributed by atoms with Crippen molar-refractivity contribution in [2.24, 2.45) is 11.8 Å². The molecule has 76 valence electrons. The number of anilines is 1. The predicted octanol–water partition coefficient (Wildman–Crippen LogP) is -0.0923. The van der Waals surface area contributed by atoms with E-state index >= 15 is 0 Å². The van der Waals surface area contributed by atoms with Gasteiger partial charge in [0.05, 0.1) is 6.67 Å². The summed E-state index contributed by atoms with van der Waals surface area (Å²) in [6.45, 7) is 2.98. The molecule has 3 N–H and O–H groups in total. The Morgan fingerprint density at radius 1 is 1.50 bits per heavy atom. The molecule has 2 aliphatic rings. The molecule has 0 bridgehead atoms. The second kappa shape index (κ2) is 2.84. The summed E-state index contributed by atoms with van der Waals surface area (Å²) in [5.74, 6) is 3.44. The summed E-state index contributed by atoms with van der Waals surface area (Å²) in [5.41, 5.74) is 9.09. The van der Waals surface area contributed by atoms with Crippen LogP contribution in [0.5, 0.6) is 0 Å². The fraction of sp³-hybridized carbons (Fsp3) is 0.750. The van der Waals surface area contributed by atoms with E-state index in [1.54, 1.807) is 0 Å². The molecule has 1 saturated carbocycles. The van der Waals surface area contributed by atoms with Crippen LogP contribution in [0.4, 0.5) is 5.95 Å². The largest absolute Gasteiger partial charge is 0.306 e. The zero-order chi connectivity index (χ0) is 9.54. The van der Waals surface area contributed by atoms with E-state index in [2.05, 4.69) is 33.4 Å². The van der Waals surface area contributed by atoms with Crippen molar-refractivity contribution in [3.05, 3.63) is 5.82 Å². The van der Waals surface area contributed by atoms with Gasteiger partial charge in [-0.15, -0.1) is 10.2 Å². The van der Waals surface area contributed by atoms with Crippen LogP contribution in [-0.4, -0.2) is 21.5 Å². The monoisotopic (exact) mass is 194 g/mol. The first-order valence-corrected chi connectivity index (χ1v) is 5.01. The summed E-state index contributed by atoms with van der Waals surface area (Å²) in [4.78, 5) is 0. The molecular formula is C8H14N6. The van der Waals surface area contributed by atoms with Gasteiger partial charge >= 0.3 is 0 Å². The third kappa shape index (κ3) is 1.22. The minimum absolute atomic E-state index is 0.693. The van der Waals surface area contributed by atoms with Crippen LogP contribution in [0.15, 0.2) is 0 Å². The van der Waals surface area contributed by atoms with Gasteiger partial charge in [0.15, 0.2) is 5.82 Å². The van der Waals surface area contributed by atoms with Gasteiger partial charge in [-0.1, -0.05) is 6.92 Å². The van der Waals surface area contributed by atoms with E-state index < -0.39 is 0 Å². The molecule has 2 unspecified atom stereocenters. The fourth-order valence-electron chi connectivity index (χ4n) is 1.86. The van der Waals surface area contributed by atoms with Crippen LogP contribution in [0.1, 0.15) is 19.2 Å². The zero-order valence-electron chi connectivity index (χ0n) is 8.12. The maximum absolute atomic E-state index is 4.16. The topological polar surface area (TPSA) is 66.8 Å². The second-order valence-electron chi connectivity index (χ2n) is 4.09. The van der Waals surface area contributed by atoms with Gasteiger partial charge in [0.1, 0.15) is 0 Å². The second-order valence-corrected chi connectivity index (χ2v) is 4.09. The lowest BCUT2D eigenvalue weighted by Gasteiger charge is -2.19. The Morgan fingerprint density at radius 3 is 3.14 bits per heavy atom. The Balaban J connectivity index is 1.80. The van der Waals surface area contributed by atoms with Crippen molar-refractivity contribution in [3.63, 3.8) is 0 Å². The van der Waals surface area contributed by atoms with Gasteiger partial charge in [-0.05, 0) is 18.3 Å². The molecule has 0 amide bonds. The highest BCUT2D eigenvalue weighted by Gasteiger charge is 2.34. The quantitative estimate of drug-likeness (QED) is 0.614. The zero-order valence-corrected chi connectivity index (χ0v) is 8.12. The maximum atomic E-state index is 4.16. The number of aromatic nitrogens is 3. The van der Waals surface area contributed by atoms with Crippen molar-refractivity contribution in [1.29, 1.82) is 0 Å². The van der Waals surface area contributed by atoms with E-state index in [4.69, 9.17) is 0 Å². The van der Waals surface area contributed by atoms with Crippen molar-refractivity contribution in [2.75, 3.05) is 17.5 Å². The van der Waals surface area contributed by atoms with Crippen LogP contribution < -0.4 is 16.3 Å². The first-order valence-electron chi connectivity index (χ1n) is 5.01. The molecule has 6 heteroatoms. The third-order valence-electron chi connectivity index (χ3n) is 2.98. The molecule has 0 radical (unpaired) electrons. The predicted molar refractivity (Wildman–Crippen MR) is 52.0 cm³/mol. The van der Waals surface area contributed by atoms with Crippen molar-refractivity contribution < 1.29 is 0 Å². The molecule has 6 nitrogen and oxygen atoms in total. The van der Waals surface area contributed by atoms with Gasteiger partial charge in [-0.3, -0.25) is 5.43 Å². The van der Waals surface area contributed by atoms with Gasteiger partial charge in [0, 0.05) is 6.42 Å². The van der Waals surface area contributed by atoms with Gasteiger partial charge in [0.25, 0.3) is 5.95 Å². The molecule has 14 heavy (non-hydrogen) atoms. The number of hydrazine groups is 1. The van der Waals surface area contributed by atoms with Crippen LogP contribution in [0.25, 0.3) is 0 Å². The van der Waals surface area contributed by atoms with Crippen LogP contribution in [0, 0.1) is 11.8 Å². The maximum Gasteiger partial charge on any atom is 0.258 e. The molecule has 1 fully saturated rings. The molecule has 1 aliphatic heterocycles. The van der Waals surface area contributed by atoms with E-state index in [0.717, 1.165) is 30.0 Å². The molecule has 1 aromatic heterocycles. The van der Waals surface area contributed by atoms with E-state index in [-0.39, 0.29) is 0 Å². The van der Waals surface area contributed by atoms with Gasteiger partial charge in [0.2, 0.25) is 0 Å². The Kier molecular flexibility index (Phi) is 1.63. The van der Waals surface area contributed by atoms with Gasteiger partial charge in [-0.2, -0.15) is 0 Å². The Hall–Kier alpha value is -1.30. The standard InChI is InChI=1S/C8H14N6/c1-5-2-6(5)3-7-11-13-8-12-9-4-10-14(7)8/h5-6,9-10H,2-4H2,1H3,(H,12,13). The van der Waals surface area contributed by atoms with Crippen LogP contribution in [-0.2, 0) is 6.42 Å². The molecule has 0 aromatic carbocycles. The van der Waals surface area contributed by atoms with Crippen molar-refractivity contribution in [2.45, 2.75) is 19.8 Å². The minimum Gasteiger partial charge on any atom is -0.306 e. The van der Waals surface area contributed by atoms with Crippen LogP contribution in [0.3, 0.4) is 0 Å². The number of nitrogens with one attached hydrogen (secondary N) is 3. The number of hydrogen-bond acceptors (Lipinski definition) is 5. The molecule has 2 heterocycles. The number of nitrogens with zero attached hydrogens (tertiary/aromatic N) is 3. The van der Waals surface area contributed by atoms with Crippen molar-refractivity contribution >= 4 is 5.95 Å². The first kappa shape index (κ1) is 8.05. The third-order valence-corrected chi connectivity index (χ3v) is 2.98. The normalized spacial score (nSPS) is 28.9. The van der Waals surface area contributed by atoms with Crippen molar-refractivity contribution in [3.8, 4) is 0 Å². The summed E-state index contributed by atoms with van der Waals surface area (Å²) in [6.07, 6.45) is 2.36. The van der Waals surface area contributed by atoms with E-state index in [1.165, 1.54) is 6.42 Å². The van der Waals surface area contributed by atoms with E-state index in [0.29, 0.717) is 6.67 Å². The van der Waals surface area contributed by atoms with Crippen molar-refractivity contribution in [1.82, 2.24) is 20.3 Å². The highest BCUT2D eigenvalue weighted by molar-refractivity contribution is 5.28. The van der Waals surface area contributed by atoms with E-state index in [9.17, 15) is 0 Å². The molecule has 0 spiro atoms. The molecule has 2 atom stereocenters. The van der Waals surface area contributed by atoms with E-state index in [1.807, 2.05) is 4.68 Å². The molecule has 1 aliphatic carbocycles. The summed E-state index contributed by atoms with van der Waals surface area (Å²) >= 11 is 0. The average Bonchev–Trinajstić information content (AvgIpc) is 2.75. The van der Waals surface area contributed by atoms with Gasteiger partial charge in [-0.25, -0.2) is 10.1 Å². The highest BCUT2D eigenvalue weighted by Crippen LogP contribution is 2.40. The van der Waals surface area contributed by atoms with Gasteiger partial charge < -0.3 is 5.43 Å². The Labute approximate surface area is 82.0 Å². The Bertz CT molecular complexity index is 346. The lowest BCUT2D eigenvalue weighted by Crippen LogP contribution is -2.40. The SMILES string of the molecule is CC1CC1Cc1nnc2n1NCNN2. The average molecular weight is 194 g/mol. The number of rotatable bonds is 2. The summed E-state index contributed by atoms with van der Waals surface area (Å²) < 4.78 is 1.93. The molecule has 1 aromatic rings. The lowest BCUT2D eigenvalue weighted by atomic mass is 10.2. The summed E-state index contributed by atoms with van der Waals surface area (Å²) in [6, 6.07) is 0. The smallest absolute Gasteiger partial charge is 0.258 e. The first-order chi connectivity index (χ1) is 6.84. The molecular weight excluding hydrogens is 180 g/mol.